The molecular formula is C27H43F. The van der Waals surface area contributed by atoms with Gasteiger partial charge in [0.1, 0.15) is 0 Å². The summed E-state index contributed by atoms with van der Waals surface area (Å²) >= 11 is 0. The number of allylic oxidation sites excluding steroid dienone is 5. The van der Waals surface area contributed by atoms with E-state index in [1.165, 1.54) is 77.0 Å². The van der Waals surface area contributed by atoms with Crippen molar-refractivity contribution in [2.24, 2.45) is 35.5 Å². The maximum atomic E-state index is 12.2. The summed E-state index contributed by atoms with van der Waals surface area (Å²) in [6.45, 7) is 4.79. The lowest BCUT2D eigenvalue weighted by molar-refractivity contribution is 0.298. The summed E-state index contributed by atoms with van der Waals surface area (Å²) in [5.41, 5.74) is 1.65. The normalized spacial score (nSPS) is 38.3. The molecule has 3 rings (SSSR count). The fourth-order valence-corrected chi connectivity index (χ4v) is 5.90. The topological polar surface area (TPSA) is 0 Å². The van der Waals surface area contributed by atoms with Gasteiger partial charge in [-0.1, -0.05) is 49.6 Å². The van der Waals surface area contributed by atoms with E-state index < -0.39 is 0 Å². The van der Waals surface area contributed by atoms with Crippen LogP contribution in [-0.2, 0) is 0 Å². The first kappa shape index (κ1) is 21.8. The molecule has 0 aromatic rings. The molecule has 3 fully saturated rings. The molecule has 0 radical (unpaired) electrons. The van der Waals surface area contributed by atoms with Crippen LogP contribution in [0, 0.1) is 35.5 Å². The summed E-state index contributed by atoms with van der Waals surface area (Å²) in [5.74, 6) is 4.97. The SMILES string of the molecule is CC(=CC1CCC(C=CC2CCC(C)CC2)CC1)C1CCC(C/C=C/F)CC1. The summed E-state index contributed by atoms with van der Waals surface area (Å²) in [5, 5.41) is 0. The molecule has 3 aliphatic carbocycles. The highest BCUT2D eigenvalue weighted by Crippen LogP contribution is 2.38. The van der Waals surface area contributed by atoms with E-state index in [9.17, 15) is 4.39 Å². The van der Waals surface area contributed by atoms with Crippen LogP contribution in [-0.4, -0.2) is 0 Å². The maximum Gasteiger partial charge on any atom is 0.0827 e. The van der Waals surface area contributed by atoms with E-state index in [4.69, 9.17) is 0 Å². The fourth-order valence-electron chi connectivity index (χ4n) is 5.90. The van der Waals surface area contributed by atoms with Gasteiger partial charge < -0.3 is 0 Å². The molecule has 0 aliphatic heterocycles. The third-order valence-corrected chi connectivity index (χ3v) is 8.08. The molecule has 0 N–H and O–H groups in total. The van der Waals surface area contributed by atoms with Crippen molar-refractivity contribution in [3.8, 4) is 0 Å². The molecular weight excluding hydrogens is 343 g/mol. The number of hydrogen-bond donors (Lipinski definition) is 0. The van der Waals surface area contributed by atoms with Crippen molar-refractivity contribution in [1.29, 1.82) is 0 Å². The van der Waals surface area contributed by atoms with Crippen molar-refractivity contribution in [2.75, 3.05) is 0 Å². The molecule has 0 aromatic carbocycles. The van der Waals surface area contributed by atoms with Crippen LogP contribution in [0.3, 0.4) is 0 Å². The second-order valence-electron chi connectivity index (χ2n) is 10.3. The molecule has 3 saturated carbocycles. The maximum absolute atomic E-state index is 12.2. The van der Waals surface area contributed by atoms with Crippen LogP contribution in [0.25, 0.3) is 0 Å². The van der Waals surface area contributed by atoms with Gasteiger partial charge in [-0.2, -0.15) is 0 Å². The molecule has 0 unspecified atom stereocenters. The van der Waals surface area contributed by atoms with E-state index >= 15 is 0 Å². The third-order valence-electron chi connectivity index (χ3n) is 8.08. The molecule has 158 valence electrons. The second kappa shape index (κ2) is 11.4. The highest BCUT2D eigenvalue weighted by molar-refractivity contribution is 5.08. The van der Waals surface area contributed by atoms with E-state index in [2.05, 4.69) is 32.1 Å². The third kappa shape index (κ3) is 6.89. The van der Waals surface area contributed by atoms with E-state index in [0.717, 1.165) is 42.3 Å². The molecule has 0 bridgehead atoms. The van der Waals surface area contributed by atoms with E-state index in [-0.39, 0.29) is 0 Å². The molecule has 1 heteroatoms. The van der Waals surface area contributed by atoms with Crippen molar-refractivity contribution >= 4 is 0 Å². The van der Waals surface area contributed by atoms with Gasteiger partial charge >= 0.3 is 0 Å². The molecule has 3 aliphatic rings. The zero-order valence-corrected chi connectivity index (χ0v) is 18.4. The van der Waals surface area contributed by atoms with Crippen molar-refractivity contribution < 1.29 is 4.39 Å². The highest BCUT2D eigenvalue weighted by Gasteiger charge is 2.24. The predicted molar refractivity (Wildman–Crippen MR) is 120 cm³/mol. The molecule has 0 nitrogen and oxygen atoms in total. The summed E-state index contributed by atoms with van der Waals surface area (Å²) in [6, 6.07) is 0. The minimum absolute atomic E-state index is 0.714. The van der Waals surface area contributed by atoms with Gasteiger partial charge in [-0.3, -0.25) is 0 Å². The van der Waals surface area contributed by atoms with Gasteiger partial charge in [0.05, 0.1) is 6.33 Å². The van der Waals surface area contributed by atoms with Gasteiger partial charge in [-0.25, -0.2) is 4.39 Å². The Kier molecular flexibility index (Phi) is 8.87. The Morgan fingerprint density at radius 2 is 1.29 bits per heavy atom. The van der Waals surface area contributed by atoms with E-state index in [1.54, 1.807) is 11.6 Å². The Hall–Kier alpha value is -0.850. The molecule has 0 aromatic heterocycles. The molecule has 0 atom stereocenters. The zero-order chi connectivity index (χ0) is 19.8. The minimum atomic E-state index is 0.714. The monoisotopic (exact) mass is 386 g/mol. The van der Waals surface area contributed by atoms with Crippen molar-refractivity contribution in [3.05, 3.63) is 36.2 Å². The summed E-state index contributed by atoms with van der Waals surface area (Å²) in [7, 11) is 0. The number of halogens is 1. The first-order valence-corrected chi connectivity index (χ1v) is 12.3. The van der Waals surface area contributed by atoms with Gasteiger partial charge in [0.2, 0.25) is 0 Å². The lowest BCUT2D eigenvalue weighted by Crippen LogP contribution is -2.17. The standard InChI is InChI=1S/C27H43F/c1-21-5-7-24(8-6-21)9-10-25-11-13-26(14-12-25)20-22(2)27-17-15-23(16-18-27)4-3-19-28/h3,9-10,19-21,23-27H,4-8,11-18H2,1-2H3/b10-9?,19-3+,22-20?. The minimum Gasteiger partial charge on any atom is -0.216 e. The van der Waals surface area contributed by atoms with Gasteiger partial charge in [-0.05, 0) is 113 Å². The Labute approximate surface area is 173 Å². The van der Waals surface area contributed by atoms with Crippen molar-refractivity contribution in [2.45, 2.75) is 97.3 Å². The highest BCUT2D eigenvalue weighted by atomic mass is 19.1. The number of rotatable bonds is 6. The van der Waals surface area contributed by atoms with Crippen LogP contribution in [0.5, 0.6) is 0 Å². The quantitative estimate of drug-likeness (QED) is 0.400. The van der Waals surface area contributed by atoms with Crippen LogP contribution in [0.4, 0.5) is 4.39 Å². The molecule has 0 spiro atoms. The summed E-state index contributed by atoms with van der Waals surface area (Å²) in [6.07, 6.45) is 27.6. The van der Waals surface area contributed by atoms with Crippen LogP contribution in [0.2, 0.25) is 0 Å². The summed E-state index contributed by atoms with van der Waals surface area (Å²) in [4.78, 5) is 0. The molecule has 0 amide bonds. The van der Waals surface area contributed by atoms with Gasteiger partial charge in [-0.15, -0.1) is 0 Å². The first-order valence-electron chi connectivity index (χ1n) is 12.3. The Morgan fingerprint density at radius 3 is 1.86 bits per heavy atom. The van der Waals surface area contributed by atoms with Crippen molar-refractivity contribution in [1.82, 2.24) is 0 Å². The van der Waals surface area contributed by atoms with Crippen LogP contribution in [0.15, 0.2) is 36.2 Å². The lowest BCUT2D eigenvalue weighted by Gasteiger charge is -2.30. The number of hydrogen-bond acceptors (Lipinski definition) is 0. The average Bonchev–Trinajstić information content (AvgIpc) is 2.73. The van der Waals surface area contributed by atoms with Gasteiger partial charge in [0, 0.05) is 0 Å². The Morgan fingerprint density at radius 1 is 0.750 bits per heavy atom. The predicted octanol–water partition coefficient (Wildman–Crippen LogP) is 8.80. The first-order chi connectivity index (χ1) is 13.6. The van der Waals surface area contributed by atoms with Crippen LogP contribution < -0.4 is 0 Å². The van der Waals surface area contributed by atoms with Gasteiger partial charge in [0.15, 0.2) is 0 Å². The molecule has 0 saturated heterocycles. The van der Waals surface area contributed by atoms with E-state index in [0.29, 0.717) is 5.92 Å². The summed E-state index contributed by atoms with van der Waals surface area (Å²) < 4.78 is 12.2. The smallest absolute Gasteiger partial charge is 0.0827 e. The van der Waals surface area contributed by atoms with Crippen molar-refractivity contribution in [3.63, 3.8) is 0 Å². The van der Waals surface area contributed by atoms with Crippen LogP contribution >= 0.6 is 0 Å². The fraction of sp³-hybridized carbons (Fsp3) is 0.778. The Bertz CT molecular complexity index is 518. The second-order valence-corrected chi connectivity index (χ2v) is 10.3. The molecule has 28 heavy (non-hydrogen) atoms. The average molecular weight is 387 g/mol. The van der Waals surface area contributed by atoms with E-state index in [1.807, 2.05) is 0 Å². The molecule has 0 heterocycles. The largest absolute Gasteiger partial charge is 0.216 e. The Balaban J connectivity index is 1.37. The lowest BCUT2D eigenvalue weighted by atomic mass is 9.75. The van der Waals surface area contributed by atoms with Gasteiger partial charge in [0.25, 0.3) is 0 Å². The van der Waals surface area contributed by atoms with Crippen LogP contribution in [0.1, 0.15) is 97.3 Å². The zero-order valence-electron chi connectivity index (χ0n) is 18.4.